The Balaban J connectivity index is 1.96. The summed E-state index contributed by atoms with van der Waals surface area (Å²) in [7, 11) is 0. The van der Waals surface area contributed by atoms with Gasteiger partial charge >= 0.3 is 0 Å². The molecule has 1 saturated heterocycles. The Bertz CT molecular complexity index is 331. The molecule has 0 bridgehead atoms. The van der Waals surface area contributed by atoms with E-state index >= 15 is 0 Å². The topological polar surface area (TPSA) is 23.5 Å². The Hall–Kier alpha value is -1.12. The van der Waals surface area contributed by atoms with Crippen molar-refractivity contribution in [1.29, 1.82) is 0 Å². The van der Waals surface area contributed by atoms with E-state index in [0.29, 0.717) is 0 Å². The predicted octanol–water partition coefficient (Wildman–Crippen LogP) is 1.90. The van der Waals surface area contributed by atoms with Crippen molar-refractivity contribution in [1.82, 2.24) is 4.90 Å². The van der Waals surface area contributed by atoms with Crippen LogP contribution in [0.3, 0.4) is 0 Å². The van der Waals surface area contributed by atoms with Crippen molar-refractivity contribution in [2.45, 2.75) is 19.1 Å². The molecule has 0 aromatic heterocycles. The highest BCUT2D eigenvalue weighted by atomic mass is 16.3. The van der Waals surface area contributed by atoms with Crippen LogP contribution in [0, 0.1) is 0 Å². The lowest BCUT2D eigenvalue weighted by Gasteiger charge is -2.14. The van der Waals surface area contributed by atoms with Gasteiger partial charge in [0.05, 0.1) is 6.10 Å². The zero-order valence-corrected chi connectivity index (χ0v) is 8.89. The van der Waals surface area contributed by atoms with E-state index in [0.717, 1.165) is 31.6 Å². The molecule has 1 aromatic rings. The number of aliphatic hydroxyl groups excluding tert-OH is 1. The Kier molecular flexibility index (Phi) is 3.19. The molecular weight excluding hydrogens is 186 g/mol. The number of benzene rings is 1. The summed E-state index contributed by atoms with van der Waals surface area (Å²) in [6, 6.07) is 8.41. The SMILES string of the molecule is C=Cc1ccc(CN2CC[C@@H](O)C2)cc1. The lowest BCUT2D eigenvalue weighted by atomic mass is 10.1. The molecule has 2 heteroatoms. The van der Waals surface area contributed by atoms with Crippen LogP contribution in [0.1, 0.15) is 17.5 Å². The van der Waals surface area contributed by atoms with E-state index in [1.807, 2.05) is 6.08 Å². The van der Waals surface area contributed by atoms with E-state index in [1.54, 1.807) is 0 Å². The standard InChI is InChI=1S/C13H17NO/c1-2-11-3-5-12(6-4-11)9-14-8-7-13(15)10-14/h2-6,13,15H,1,7-10H2/t13-/m1/s1. The minimum atomic E-state index is -0.127. The fourth-order valence-electron chi connectivity index (χ4n) is 1.97. The van der Waals surface area contributed by atoms with Gasteiger partial charge in [0.25, 0.3) is 0 Å². The molecule has 2 nitrogen and oxygen atoms in total. The second-order valence-electron chi connectivity index (χ2n) is 4.12. The summed E-state index contributed by atoms with van der Waals surface area (Å²) in [5.74, 6) is 0. The van der Waals surface area contributed by atoms with Gasteiger partial charge in [-0.15, -0.1) is 0 Å². The number of likely N-dealkylation sites (tertiary alicyclic amines) is 1. The summed E-state index contributed by atoms with van der Waals surface area (Å²) in [5.41, 5.74) is 2.45. The molecule has 0 unspecified atom stereocenters. The van der Waals surface area contributed by atoms with Crippen LogP contribution in [-0.4, -0.2) is 29.2 Å². The first-order chi connectivity index (χ1) is 7.28. The van der Waals surface area contributed by atoms with Crippen LogP contribution in [0.25, 0.3) is 6.08 Å². The Morgan fingerprint density at radius 3 is 2.67 bits per heavy atom. The maximum Gasteiger partial charge on any atom is 0.0679 e. The summed E-state index contributed by atoms with van der Waals surface area (Å²) in [5, 5.41) is 9.40. The van der Waals surface area contributed by atoms with Gasteiger partial charge in [-0.1, -0.05) is 36.9 Å². The number of rotatable bonds is 3. The van der Waals surface area contributed by atoms with Crippen molar-refractivity contribution in [3.8, 4) is 0 Å². The highest BCUT2D eigenvalue weighted by Crippen LogP contribution is 2.14. The van der Waals surface area contributed by atoms with Gasteiger partial charge < -0.3 is 5.11 Å². The maximum atomic E-state index is 9.40. The average Bonchev–Trinajstić information content (AvgIpc) is 2.65. The summed E-state index contributed by atoms with van der Waals surface area (Å²) in [6.07, 6.45) is 2.63. The molecule has 0 amide bonds. The van der Waals surface area contributed by atoms with Crippen LogP contribution >= 0.6 is 0 Å². The lowest BCUT2D eigenvalue weighted by molar-refractivity contribution is 0.175. The molecule has 0 saturated carbocycles. The lowest BCUT2D eigenvalue weighted by Crippen LogP contribution is -2.21. The summed E-state index contributed by atoms with van der Waals surface area (Å²) >= 11 is 0. The molecule has 2 rings (SSSR count). The van der Waals surface area contributed by atoms with Crippen molar-refractivity contribution >= 4 is 6.08 Å². The number of aliphatic hydroxyl groups is 1. The van der Waals surface area contributed by atoms with Crippen LogP contribution in [0.4, 0.5) is 0 Å². The van der Waals surface area contributed by atoms with Crippen molar-refractivity contribution in [3.05, 3.63) is 42.0 Å². The summed E-state index contributed by atoms with van der Waals surface area (Å²) in [6.45, 7) is 6.48. The molecule has 1 aliphatic rings. The van der Waals surface area contributed by atoms with Crippen molar-refractivity contribution in [2.24, 2.45) is 0 Å². The monoisotopic (exact) mass is 203 g/mol. The number of nitrogens with zero attached hydrogens (tertiary/aromatic N) is 1. The fraction of sp³-hybridized carbons (Fsp3) is 0.385. The molecule has 15 heavy (non-hydrogen) atoms. The Labute approximate surface area is 90.8 Å². The molecule has 1 heterocycles. The van der Waals surface area contributed by atoms with Crippen LogP contribution in [0.5, 0.6) is 0 Å². The van der Waals surface area contributed by atoms with Crippen LogP contribution in [0.2, 0.25) is 0 Å². The summed E-state index contributed by atoms with van der Waals surface area (Å²) < 4.78 is 0. The van der Waals surface area contributed by atoms with Crippen molar-refractivity contribution in [3.63, 3.8) is 0 Å². The van der Waals surface area contributed by atoms with E-state index in [2.05, 4.69) is 35.7 Å². The third-order valence-corrected chi connectivity index (χ3v) is 2.87. The van der Waals surface area contributed by atoms with Gasteiger partial charge in [-0.25, -0.2) is 0 Å². The molecule has 80 valence electrons. The van der Waals surface area contributed by atoms with Gasteiger partial charge in [-0.2, -0.15) is 0 Å². The second-order valence-corrected chi connectivity index (χ2v) is 4.12. The van der Waals surface area contributed by atoms with E-state index in [1.165, 1.54) is 5.56 Å². The van der Waals surface area contributed by atoms with Gasteiger partial charge in [-0.05, 0) is 17.5 Å². The molecule has 0 aliphatic carbocycles. The molecule has 1 N–H and O–H groups in total. The number of β-amino-alcohol motifs (C(OH)–C–C–N with tert-alkyl or cyclic N) is 1. The van der Waals surface area contributed by atoms with Gasteiger partial charge in [0.1, 0.15) is 0 Å². The Morgan fingerprint density at radius 2 is 2.13 bits per heavy atom. The fourth-order valence-corrected chi connectivity index (χ4v) is 1.97. The minimum absolute atomic E-state index is 0.127. The second kappa shape index (κ2) is 4.60. The highest BCUT2D eigenvalue weighted by Gasteiger charge is 2.19. The molecular formula is C13H17NO. The number of hydrogen-bond donors (Lipinski definition) is 1. The van der Waals surface area contributed by atoms with Gasteiger partial charge in [0, 0.05) is 19.6 Å². The first-order valence-corrected chi connectivity index (χ1v) is 5.40. The molecule has 0 spiro atoms. The maximum absolute atomic E-state index is 9.40. The van der Waals surface area contributed by atoms with Gasteiger partial charge in [0.15, 0.2) is 0 Å². The largest absolute Gasteiger partial charge is 0.392 e. The normalized spacial score (nSPS) is 21.8. The van der Waals surface area contributed by atoms with Crippen molar-refractivity contribution < 1.29 is 5.11 Å². The summed E-state index contributed by atoms with van der Waals surface area (Å²) in [4.78, 5) is 2.29. The molecule has 1 aliphatic heterocycles. The predicted molar refractivity (Wildman–Crippen MR) is 62.4 cm³/mol. The molecule has 1 aromatic carbocycles. The third kappa shape index (κ3) is 2.67. The van der Waals surface area contributed by atoms with Gasteiger partial charge in [0.2, 0.25) is 0 Å². The highest BCUT2D eigenvalue weighted by molar-refractivity contribution is 5.47. The Morgan fingerprint density at radius 1 is 1.40 bits per heavy atom. The minimum Gasteiger partial charge on any atom is -0.392 e. The quantitative estimate of drug-likeness (QED) is 0.811. The molecule has 0 radical (unpaired) electrons. The average molecular weight is 203 g/mol. The van der Waals surface area contributed by atoms with Crippen molar-refractivity contribution in [2.75, 3.05) is 13.1 Å². The van der Waals surface area contributed by atoms with Crippen LogP contribution in [0.15, 0.2) is 30.8 Å². The van der Waals surface area contributed by atoms with E-state index < -0.39 is 0 Å². The smallest absolute Gasteiger partial charge is 0.0679 e. The van der Waals surface area contributed by atoms with Crippen LogP contribution in [-0.2, 0) is 6.54 Å². The zero-order chi connectivity index (χ0) is 10.7. The first-order valence-electron chi connectivity index (χ1n) is 5.40. The van der Waals surface area contributed by atoms with E-state index in [4.69, 9.17) is 0 Å². The zero-order valence-electron chi connectivity index (χ0n) is 8.89. The van der Waals surface area contributed by atoms with E-state index in [-0.39, 0.29) is 6.10 Å². The van der Waals surface area contributed by atoms with Gasteiger partial charge in [-0.3, -0.25) is 4.90 Å². The molecule has 1 fully saturated rings. The van der Waals surface area contributed by atoms with E-state index in [9.17, 15) is 5.11 Å². The third-order valence-electron chi connectivity index (χ3n) is 2.87. The first kappa shape index (κ1) is 10.4. The molecule has 1 atom stereocenters. The van der Waals surface area contributed by atoms with Crippen LogP contribution < -0.4 is 0 Å². The number of hydrogen-bond acceptors (Lipinski definition) is 2.